The number of nitrogens with one attached hydrogen (secondary N) is 1. The van der Waals surface area contributed by atoms with Crippen molar-refractivity contribution in [3.8, 4) is 0 Å². The molecule has 0 saturated heterocycles. The SMILES string of the molecule is CCCCCCCCC/C=C\CCCCCCCCCC(=O)OCCCCCCCCCCCCCCCCCCCCCCCCCCC(=O)NC(CO)C(O)/C=C/CCCCCCCCCCCCCCCCC. The molecule has 0 aliphatic rings. The lowest BCUT2D eigenvalue weighted by atomic mass is 10.0. The van der Waals surface area contributed by atoms with Gasteiger partial charge in [-0.2, -0.15) is 0 Å². The van der Waals surface area contributed by atoms with E-state index >= 15 is 0 Å². The van der Waals surface area contributed by atoms with E-state index in [2.05, 4.69) is 31.3 Å². The molecule has 0 spiro atoms. The van der Waals surface area contributed by atoms with Crippen molar-refractivity contribution in [1.82, 2.24) is 5.32 Å². The molecule has 6 nitrogen and oxygen atoms in total. The van der Waals surface area contributed by atoms with Crippen LogP contribution in [0.2, 0.25) is 0 Å². The monoisotopic (exact) mass is 1070 g/mol. The lowest BCUT2D eigenvalue weighted by molar-refractivity contribution is -0.143. The highest BCUT2D eigenvalue weighted by Crippen LogP contribution is 2.18. The second kappa shape index (κ2) is 65.9. The number of ether oxygens (including phenoxy) is 1. The molecule has 2 atom stereocenters. The first-order valence-corrected chi connectivity index (χ1v) is 34.6. The number of amides is 1. The normalized spacial score (nSPS) is 12.6. The second-order valence-electron chi connectivity index (χ2n) is 23.9. The van der Waals surface area contributed by atoms with Gasteiger partial charge >= 0.3 is 5.97 Å². The van der Waals surface area contributed by atoms with Crippen molar-refractivity contribution in [2.75, 3.05) is 13.2 Å². The molecule has 0 aliphatic heterocycles. The van der Waals surface area contributed by atoms with Crippen molar-refractivity contribution in [1.29, 1.82) is 0 Å². The van der Waals surface area contributed by atoms with Crippen LogP contribution >= 0.6 is 0 Å². The molecular formula is C70H135NO5. The van der Waals surface area contributed by atoms with Crippen LogP contribution in [-0.4, -0.2) is 47.4 Å². The van der Waals surface area contributed by atoms with Crippen LogP contribution < -0.4 is 5.32 Å². The van der Waals surface area contributed by atoms with Crippen LogP contribution in [0.1, 0.15) is 386 Å². The van der Waals surface area contributed by atoms with Crippen molar-refractivity contribution >= 4 is 11.9 Å². The second-order valence-corrected chi connectivity index (χ2v) is 23.9. The van der Waals surface area contributed by atoms with Gasteiger partial charge in [0.1, 0.15) is 0 Å². The zero-order chi connectivity index (χ0) is 55.0. The minimum absolute atomic E-state index is 0.0128. The highest BCUT2D eigenvalue weighted by Gasteiger charge is 2.18. The van der Waals surface area contributed by atoms with Crippen LogP contribution in [0.5, 0.6) is 0 Å². The molecule has 2 unspecified atom stereocenters. The van der Waals surface area contributed by atoms with Crippen molar-refractivity contribution < 1.29 is 24.5 Å². The number of hydrogen-bond acceptors (Lipinski definition) is 5. The molecule has 0 radical (unpaired) electrons. The van der Waals surface area contributed by atoms with E-state index in [1.165, 1.54) is 315 Å². The number of rotatable bonds is 65. The summed E-state index contributed by atoms with van der Waals surface area (Å²) >= 11 is 0. The molecule has 76 heavy (non-hydrogen) atoms. The third-order valence-electron chi connectivity index (χ3n) is 16.2. The van der Waals surface area contributed by atoms with Gasteiger partial charge in [-0.25, -0.2) is 0 Å². The Morgan fingerprint density at radius 2 is 0.618 bits per heavy atom. The molecule has 0 saturated carbocycles. The summed E-state index contributed by atoms with van der Waals surface area (Å²) in [6.45, 7) is 4.93. The Kier molecular flexibility index (Phi) is 64.4. The molecule has 0 fully saturated rings. The topological polar surface area (TPSA) is 95.9 Å². The number of esters is 1. The Hall–Kier alpha value is -1.66. The Balaban J connectivity index is 3.37. The molecule has 3 N–H and O–H groups in total. The van der Waals surface area contributed by atoms with Gasteiger partial charge in [-0.3, -0.25) is 9.59 Å². The fraction of sp³-hybridized carbons (Fsp3) is 0.914. The van der Waals surface area contributed by atoms with Gasteiger partial charge in [0.25, 0.3) is 0 Å². The van der Waals surface area contributed by atoms with E-state index < -0.39 is 12.1 Å². The lowest BCUT2D eigenvalue weighted by Crippen LogP contribution is -2.45. The number of allylic oxidation sites excluding steroid dienone is 3. The number of unbranched alkanes of at least 4 members (excludes halogenated alkanes) is 52. The average molecular weight is 1070 g/mol. The van der Waals surface area contributed by atoms with E-state index in [-0.39, 0.29) is 18.5 Å². The number of carbonyl (C=O) groups is 2. The summed E-state index contributed by atoms with van der Waals surface area (Å²) < 4.78 is 5.50. The molecule has 6 heteroatoms. The summed E-state index contributed by atoms with van der Waals surface area (Å²) in [4.78, 5) is 24.6. The van der Waals surface area contributed by atoms with Crippen molar-refractivity contribution in [2.45, 2.75) is 398 Å². The summed E-state index contributed by atoms with van der Waals surface area (Å²) in [7, 11) is 0. The van der Waals surface area contributed by atoms with Crippen LogP contribution in [0.3, 0.4) is 0 Å². The quantitative estimate of drug-likeness (QED) is 0.0320. The summed E-state index contributed by atoms with van der Waals surface area (Å²) in [6.07, 6.45) is 82.4. The van der Waals surface area contributed by atoms with Gasteiger partial charge in [-0.1, -0.05) is 340 Å². The van der Waals surface area contributed by atoms with Crippen LogP contribution in [0.15, 0.2) is 24.3 Å². The molecule has 0 aliphatic carbocycles. The fourth-order valence-electron chi connectivity index (χ4n) is 10.9. The van der Waals surface area contributed by atoms with Gasteiger partial charge < -0.3 is 20.3 Å². The van der Waals surface area contributed by atoms with Gasteiger partial charge in [0.15, 0.2) is 0 Å². The van der Waals surface area contributed by atoms with E-state index in [0.717, 1.165) is 44.9 Å². The van der Waals surface area contributed by atoms with Gasteiger partial charge in [0, 0.05) is 12.8 Å². The maximum atomic E-state index is 12.5. The number of aliphatic hydroxyl groups excluding tert-OH is 2. The molecule has 0 bridgehead atoms. The Bertz CT molecular complexity index is 1190. The predicted octanol–water partition coefficient (Wildman–Crippen LogP) is 22.1. The van der Waals surface area contributed by atoms with Crippen LogP contribution in [0.25, 0.3) is 0 Å². The Labute approximate surface area is 475 Å². The standard InChI is InChI=1S/C70H135NO5/c1-3-5-7-9-11-13-15-17-19-21-32-36-40-44-48-52-56-60-64-70(75)76-65-61-57-53-49-45-41-37-33-29-27-25-23-22-24-26-28-31-35-39-43-47-51-55-59-63-69(74)71-67(66-72)68(73)62-58-54-50-46-42-38-34-30-20-18-16-14-12-10-8-6-4-2/h19,21,58,62,67-68,72-73H,3-18,20,22-57,59-61,63-66H2,1-2H3,(H,71,74)/b21-19-,62-58+. The molecule has 0 aromatic carbocycles. The van der Waals surface area contributed by atoms with E-state index in [0.29, 0.717) is 19.4 Å². The first-order valence-electron chi connectivity index (χ1n) is 34.6. The minimum atomic E-state index is -0.844. The van der Waals surface area contributed by atoms with E-state index in [1.807, 2.05) is 6.08 Å². The molecule has 0 rings (SSSR count). The highest BCUT2D eigenvalue weighted by molar-refractivity contribution is 5.76. The van der Waals surface area contributed by atoms with Crippen molar-refractivity contribution in [2.24, 2.45) is 0 Å². The number of hydrogen-bond donors (Lipinski definition) is 3. The predicted molar refractivity (Wildman–Crippen MR) is 333 cm³/mol. The fourth-order valence-corrected chi connectivity index (χ4v) is 10.9. The Morgan fingerprint density at radius 1 is 0.355 bits per heavy atom. The number of aliphatic hydroxyl groups is 2. The number of carbonyl (C=O) groups excluding carboxylic acids is 2. The van der Waals surface area contributed by atoms with Crippen LogP contribution in [0, 0.1) is 0 Å². The molecule has 450 valence electrons. The lowest BCUT2D eigenvalue weighted by Gasteiger charge is -2.20. The maximum absolute atomic E-state index is 12.5. The third-order valence-corrected chi connectivity index (χ3v) is 16.2. The Morgan fingerprint density at radius 3 is 0.934 bits per heavy atom. The zero-order valence-corrected chi connectivity index (χ0v) is 51.5. The summed E-state index contributed by atoms with van der Waals surface area (Å²) in [5.74, 6) is -0.0510. The van der Waals surface area contributed by atoms with Crippen LogP contribution in [0.4, 0.5) is 0 Å². The zero-order valence-electron chi connectivity index (χ0n) is 51.5. The summed E-state index contributed by atoms with van der Waals surface area (Å²) in [5, 5.41) is 23.2. The first-order chi connectivity index (χ1) is 37.5. The van der Waals surface area contributed by atoms with Gasteiger partial charge in [0.2, 0.25) is 5.91 Å². The van der Waals surface area contributed by atoms with Crippen molar-refractivity contribution in [3.63, 3.8) is 0 Å². The highest BCUT2D eigenvalue weighted by atomic mass is 16.5. The van der Waals surface area contributed by atoms with E-state index in [1.54, 1.807) is 6.08 Å². The summed E-state index contributed by atoms with van der Waals surface area (Å²) in [6, 6.07) is -0.627. The summed E-state index contributed by atoms with van der Waals surface area (Å²) in [5.41, 5.74) is 0. The van der Waals surface area contributed by atoms with Gasteiger partial charge in [-0.05, 0) is 57.8 Å². The minimum Gasteiger partial charge on any atom is -0.466 e. The van der Waals surface area contributed by atoms with Crippen molar-refractivity contribution in [3.05, 3.63) is 24.3 Å². The van der Waals surface area contributed by atoms with Gasteiger partial charge in [-0.15, -0.1) is 0 Å². The average Bonchev–Trinajstić information content (AvgIpc) is 3.42. The molecule has 1 amide bonds. The molecular weight excluding hydrogens is 935 g/mol. The van der Waals surface area contributed by atoms with E-state index in [9.17, 15) is 19.8 Å². The van der Waals surface area contributed by atoms with Gasteiger partial charge in [0.05, 0.1) is 25.4 Å². The van der Waals surface area contributed by atoms with E-state index in [4.69, 9.17) is 4.74 Å². The third kappa shape index (κ3) is 61.6. The molecule has 0 aromatic heterocycles. The smallest absolute Gasteiger partial charge is 0.305 e. The molecule has 0 aromatic rings. The molecule has 0 heterocycles. The maximum Gasteiger partial charge on any atom is 0.305 e. The van der Waals surface area contributed by atoms with Crippen LogP contribution in [-0.2, 0) is 14.3 Å². The largest absolute Gasteiger partial charge is 0.466 e. The first kappa shape index (κ1) is 74.3.